The van der Waals surface area contributed by atoms with Crippen molar-refractivity contribution in [2.45, 2.75) is 18.9 Å². The SMILES string of the molecule is COc1ccc(OC)c(NC(=O)N2CCC[C@@H]2c2cccs2)c1. The lowest BCUT2D eigenvalue weighted by Crippen LogP contribution is -2.34. The van der Waals surface area contributed by atoms with Crippen LogP contribution in [0.4, 0.5) is 10.5 Å². The van der Waals surface area contributed by atoms with E-state index in [9.17, 15) is 4.79 Å². The molecule has 2 amide bonds. The van der Waals surface area contributed by atoms with Crippen molar-refractivity contribution in [3.8, 4) is 11.5 Å². The third-order valence-corrected chi connectivity index (χ3v) is 5.01. The van der Waals surface area contributed by atoms with Crippen LogP contribution in [0, 0.1) is 0 Å². The van der Waals surface area contributed by atoms with Crippen LogP contribution in [-0.2, 0) is 0 Å². The number of ether oxygens (including phenoxy) is 2. The Balaban J connectivity index is 1.78. The molecule has 3 rings (SSSR count). The number of nitrogens with one attached hydrogen (secondary N) is 1. The van der Waals surface area contributed by atoms with Crippen LogP contribution >= 0.6 is 11.3 Å². The maximum Gasteiger partial charge on any atom is 0.322 e. The summed E-state index contributed by atoms with van der Waals surface area (Å²) in [4.78, 5) is 15.8. The quantitative estimate of drug-likeness (QED) is 0.916. The summed E-state index contributed by atoms with van der Waals surface area (Å²) >= 11 is 1.70. The van der Waals surface area contributed by atoms with Crippen molar-refractivity contribution >= 4 is 23.1 Å². The fourth-order valence-electron chi connectivity index (χ4n) is 2.89. The maximum atomic E-state index is 12.7. The van der Waals surface area contributed by atoms with E-state index in [4.69, 9.17) is 9.47 Å². The highest BCUT2D eigenvalue weighted by atomic mass is 32.1. The Morgan fingerprint density at radius 1 is 1.30 bits per heavy atom. The van der Waals surface area contributed by atoms with E-state index >= 15 is 0 Å². The molecule has 1 aliphatic heterocycles. The zero-order chi connectivity index (χ0) is 16.2. The van der Waals surface area contributed by atoms with Gasteiger partial charge in [0.2, 0.25) is 0 Å². The first-order valence-corrected chi connectivity index (χ1v) is 8.44. The monoisotopic (exact) mass is 332 g/mol. The number of methoxy groups -OCH3 is 2. The minimum absolute atomic E-state index is 0.104. The molecule has 1 aromatic heterocycles. The van der Waals surface area contributed by atoms with Crippen molar-refractivity contribution < 1.29 is 14.3 Å². The van der Waals surface area contributed by atoms with Gasteiger partial charge in [0.1, 0.15) is 11.5 Å². The van der Waals surface area contributed by atoms with Gasteiger partial charge in [-0.3, -0.25) is 0 Å². The lowest BCUT2D eigenvalue weighted by atomic mass is 10.2. The first kappa shape index (κ1) is 15.7. The van der Waals surface area contributed by atoms with Crippen molar-refractivity contribution in [2.75, 3.05) is 26.1 Å². The van der Waals surface area contributed by atoms with Gasteiger partial charge >= 0.3 is 6.03 Å². The molecule has 0 saturated carbocycles. The van der Waals surface area contributed by atoms with Gasteiger partial charge in [0.15, 0.2) is 0 Å². The number of carbonyl (C=O) groups excluding carboxylic acids is 1. The number of hydrogen-bond donors (Lipinski definition) is 1. The Morgan fingerprint density at radius 3 is 2.87 bits per heavy atom. The first-order valence-electron chi connectivity index (χ1n) is 7.56. The van der Waals surface area contributed by atoms with Crippen molar-refractivity contribution in [1.82, 2.24) is 4.90 Å². The lowest BCUT2D eigenvalue weighted by molar-refractivity contribution is 0.207. The molecule has 0 aliphatic carbocycles. The van der Waals surface area contributed by atoms with Crippen LogP contribution in [0.5, 0.6) is 11.5 Å². The number of amides is 2. The highest BCUT2D eigenvalue weighted by Gasteiger charge is 2.31. The molecule has 5 nitrogen and oxygen atoms in total. The molecule has 1 fully saturated rings. The van der Waals surface area contributed by atoms with E-state index in [0.717, 1.165) is 19.4 Å². The minimum Gasteiger partial charge on any atom is -0.497 e. The first-order chi connectivity index (χ1) is 11.2. The predicted octanol–water partition coefficient (Wildman–Crippen LogP) is 4.13. The number of thiophene rings is 1. The van der Waals surface area contributed by atoms with Gasteiger partial charge in [0.25, 0.3) is 0 Å². The minimum atomic E-state index is -0.104. The summed E-state index contributed by atoms with van der Waals surface area (Å²) in [6, 6.07) is 9.53. The molecule has 2 aromatic rings. The molecular weight excluding hydrogens is 312 g/mol. The van der Waals surface area contributed by atoms with Gasteiger partial charge in [-0.25, -0.2) is 4.79 Å². The van der Waals surface area contributed by atoms with Crippen LogP contribution < -0.4 is 14.8 Å². The number of rotatable bonds is 4. The van der Waals surface area contributed by atoms with E-state index in [0.29, 0.717) is 17.2 Å². The molecule has 23 heavy (non-hydrogen) atoms. The second-order valence-electron chi connectivity index (χ2n) is 5.36. The molecule has 6 heteroatoms. The van der Waals surface area contributed by atoms with Gasteiger partial charge in [0, 0.05) is 17.5 Å². The molecule has 0 spiro atoms. The van der Waals surface area contributed by atoms with Gasteiger partial charge in [-0.2, -0.15) is 0 Å². The molecule has 1 atom stereocenters. The van der Waals surface area contributed by atoms with Crippen LogP contribution in [0.25, 0.3) is 0 Å². The van der Waals surface area contributed by atoms with Gasteiger partial charge < -0.3 is 19.7 Å². The second-order valence-corrected chi connectivity index (χ2v) is 6.34. The van der Waals surface area contributed by atoms with Crippen LogP contribution in [0.2, 0.25) is 0 Å². The Morgan fingerprint density at radius 2 is 2.17 bits per heavy atom. The van der Waals surface area contributed by atoms with Crippen molar-refractivity contribution in [3.63, 3.8) is 0 Å². The molecule has 0 unspecified atom stereocenters. The normalized spacial score (nSPS) is 17.1. The number of urea groups is 1. The third kappa shape index (κ3) is 3.27. The number of benzene rings is 1. The van der Waals surface area contributed by atoms with E-state index in [2.05, 4.69) is 16.8 Å². The van der Waals surface area contributed by atoms with Gasteiger partial charge in [-0.05, 0) is 36.4 Å². The van der Waals surface area contributed by atoms with Crippen LogP contribution in [0.3, 0.4) is 0 Å². The Bertz CT molecular complexity index is 672. The van der Waals surface area contributed by atoms with E-state index in [-0.39, 0.29) is 12.1 Å². The van der Waals surface area contributed by atoms with E-state index in [1.807, 2.05) is 11.0 Å². The topological polar surface area (TPSA) is 50.8 Å². The molecule has 0 bridgehead atoms. The summed E-state index contributed by atoms with van der Waals surface area (Å²) < 4.78 is 10.5. The highest BCUT2D eigenvalue weighted by Crippen LogP contribution is 2.36. The fourth-order valence-corrected chi connectivity index (χ4v) is 3.76. The van der Waals surface area contributed by atoms with E-state index in [1.165, 1.54) is 4.88 Å². The summed E-state index contributed by atoms with van der Waals surface area (Å²) in [5, 5.41) is 5.01. The van der Waals surface area contributed by atoms with Gasteiger partial charge in [-0.15, -0.1) is 11.3 Å². The maximum absolute atomic E-state index is 12.7. The standard InChI is InChI=1S/C17H20N2O3S/c1-21-12-7-8-15(22-2)13(11-12)18-17(20)19-9-3-5-14(19)16-6-4-10-23-16/h4,6-8,10-11,14H,3,5,9H2,1-2H3,(H,18,20)/t14-/m1/s1. The molecule has 1 saturated heterocycles. The van der Waals surface area contributed by atoms with Crippen LogP contribution in [0.1, 0.15) is 23.8 Å². The number of nitrogens with zero attached hydrogens (tertiary/aromatic N) is 1. The summed E-state index contributed by atoms with van der Waals surface area (Å²) in [6.07, 6.45) is 2.02. The predicted molar refractivity (Wildman–Crippen MR) is 91.6 cm³/mol. The molecule has 0 radical (unpaired) electrons. The van der Waals surface area contributed by atoms with E-state index in [1.54, 1.807) is 43.8 Å². The average molecular weight is 332 g/mol. The smallest absolute Gasteiger partial charge is 0.322 e. The average Bonchev–Trinajstić information content (AvgIpc) is 3.25. The van der Waals surface area contributed by atoms with Crippen molar-refractivity contribution in [1.29, 1.82) is 0 Å². The summed E-state index contributed by atoms with van der Waals surface area (Å²) in [5.74, 6) is 1.29. The van der Waals surface area contributed by atoms with E-state index < -0.39 is 0 Å². The number of likely N-dealkylation sites (tertiary alicyclic amines) is 1. The lowest BCUT2D eigenvalue weighted by Gasteiger charge is -2.24. The highest BCUT2D eigenvalue weighted by molar-refractivity contribution is 7.10. The summed E-state index contributed by atoms with van der Waals surface area (Å²) in [5.41, 5.74) is 0.619. The van der Waals surface area contributed by atoms with Crippen molar-refractivity contribution in [2.24, 2.45) is 0 Å². The Kier molecular flexibility index (Phi) is 4.71. The molecule has 2 heterocycles. The van der Waals surface area contributed by atoms with Crippen LogP contribution in [-0.4, -0.2) is 31.7 Å². The molecule has 1 aliphatic rings. The third-order valence-electron chi connectivity index (χ3n) is 4.03. The molecule has 1 aromatic carbocycles. The summed E-state index contributed by atoms with van der Waals surface area (Å²) in [7, 11) is 3.18. The Hall–Kier alpha value is -2.21. The Labute approximate surface area is 139 Å². The molecule has 1 N–H and O–H groups in total. The van der Waals surface area contributed by atoms with Gasteiger partial charge in [-0.1, -0.05) is 6.07 Å². The largest absolute Gasteiger partial charge is 0.497 e. The zero-order valence-corrected chi connectivity index (χ0v) is 14.1. The number of carbonyl (C=O) groups is 1. The van der Waals surface area contributed by atoms with Crippen molar-refractivity contribution in [3.05, 3.63) is 40.6 Å². The second kappa shape index (κ2) is 6.91. The zero-order valence-electron chi connectivity index (χ0n) is 13.2. The van der Waals surface area contributed by atoms with Gasteiger partial charge in [0.05, 0.1) is 25.9 Å². The summed E-state index contributed by atoms with van der Waals surface area (Å²) in [6.45, 7) is 0.765. The molecular formula is C17H20N2O3S. The van der Waals surface area contributed by atoms with Crippen LogP contribution in [0.15, 0.2) is 35.7 Å². The fraction of sp³-hybridized carbons (Fsp3) is 0.353. The number of anilines is 1. The number of hydrogen-bond acceptors (Lipinski definition) is 4. The molecule has 122 valence electrons.